The summed E-state index contributed by atoms with van der Waals surface area (Å²) in [5.74, 6) is 1.38. The first kappa shape index (κ1) is 27.4. The Balaban J connectivity index is 1.31. The minimum Gasteiger partial charge on any atom is -0.489 e. The van der Waals surface area contributed by atoms with Crippen LogP contribution in [0, 0.1) is 0 Å². The van der Waals surface area contributed by atoms with Gasteiger partial charge in [0, 0.05) is 23.1 Å². The highest BCUT2D eigenvalue weighted by Crippen LogP contribution is 2.40. The molecule has 2 aromatic heterocycles. The summed E-state index contributed by atoms with van der Waals surface area (Å²) in [7, 11) is 0. The Kier molecular flexibility index (Phi) is 7.49. The molecule has 0 saturated heterocycles. The van der Waals surface area contributed by atoms with Crippen molar-refractivity contribution >= 4 is 40.2 Å². The maximum atomic E-state index is 11.7. The molecule has 0 bridgehead atoms. The first-order valence-electron chi connectivity index (χ1n) is 13.7. The number of benzene rings is 3. The Morgan fingerprint density at radius 2 is 1.78 bits per heavy atom. The number of rotatable bonds is 8. The zero-order chi connectivity index (χ0) is 28.7. The first-order chi connectivity index (χ1) is 19.8. The second-order valence-electron chi connectivity index (χ2n) is 10.7. The van der Waals surface area contributed by atoms with Gasteiger partial charge in [0.15, 0.2) is 0 Å². The molecule has 2 heterocycles. The third-order valence-electron chi connectivity index (χ3n) is 7.66. The topological polar surface area (TPSA) is 90.4 Å². The van der Waals surface area contributed by atoms with E-state index in [-0.39, 0.29) is 24.1 Å². The molecule has 0 aliphatic heterocycles. The van der Waals surface area contributed by atoms with Crippen molar-refractivity contribution in [3.05, 3.63) is 87.6 Å². The van der Waals surface area contributed by atoms with E-state index in [9.17, 15) is 9.90 Å². The molecule has 1 fully saturated rings. The van der Waals surface area contributed by atoms with Crippen LogP contribution in [0.5, 0.6) is 5.75 Å². The molecule has 0 unspecified atom stereocenters. The zero-order valence-electron chi connectivity index (χ0n) is 22.7. The average Bonchev–Trinajstić information content (AvgIpc) is 3.70. The lowest BCUT2D eigenvalue weighted by Crippen LogP contribution is -2.07. The summed E-state index contributed by atoms with van der Waals surface area (Å²) in [6.45, 7) is 4.30. The molecule has 210 valence electrons. The molecular weight excluding hydrogens is 561 g/mol. The SMILES string of the molecule is CC(C)c1onc(-c2c(Cl)cccc2Cl)c1COc1ccc(-c2nc3ccc(C(=O)O)cc3n2C2CCCC2)cc1. The highest BCUT2D eigenvalue weighted by atomic mass is 35.5. The van der Waals surface area contributed by atoms with Gasteiger partial charge in [0.1, 0.15) is 29.6 Å². The molecule has 0 spiro atoms. The molecular formula is C32H29Cl2N3O4. The van der Waals surface area contributed by atoms with Crippen LogP contribution < -0.4 is 4.74 Å². The molecule has 1 aliphatic carbocycles. The molecule has 7 nitrogen and oxygen atoms in total. The predicted octanol–water partition coefficient (Wildman–Crippen LogP) is 9.18. The highest BCUT2D eigenvalue weighted by Gasteiger charge is 2.25. The van der Waals surface area contributed by atoms with Crippen LogP contribution >= 0.6 is 23.2 Å². The van der Waals surface area contributed by atoms with Gasteiger partial charge in [-0.05, 0) is 67.4 Å². The smallest absolute Gasteiger partial charge is 0.335 e. The Morgan fingerprint density at radius 3 is 2.44 bits per heavy atom. The van der Waals surface area contributed by atoms with E-state index in [0.29, 0.717) is 27.1 Å². The standard InChI is InChI=1S/C32H29Cl2N3O4/c1-18(2)30-23(29(36-41-30)28-24(33)8-5-9-25(28)34)17-40-22-13-10-19(11-14-22)31-35-26-15-12-20(32(38)39)16-27(26)37(31)21-6-3-4-7-21/h5,8-16,18,21H,3-4,6-7,17H2,1-2H3,(H,38,39). The van der Waals surface area contributed by atoms with Gasteiger partial charge in [0.05, 0.1) is 32.2 Å². The summed E-state index contributed by atoms with van der Waals surface area (Å²) in [5.41, 5.74) is 4.84. The fraction of sp³-hybridized carbons (Fsp3) is 0.281. The number of ether oxygens (including phenoxy) is 1. The van der Waals surface area contributed by atoms with E-state index in [4.69, 9.17) is 37.4 Å². The van der Waals surface area contributed by atoms with E-state index in [0.717, 1.165) is 59.4 Å². The number of aromatic nitrogens is 3. The number of carbonyl (C=O) groups is 1. The molecule has 5 aromatic rings. The largest absolute Gasteiger partial charge is 0.489 e. The Hall–Kier alpha value is -3.81. The van der Waals surface area contributed by atoms with Crippen LogP contribution in [0.15, 0.2) is 65.2 Å². The van der Waals surface area contributed by atoms with Crippen molar-refractivity contribution in [3.63, 3.8) is 0 Å². The summed E-state index contributed by atoms with van der Waals surface area (Å²) < 4.78 is 14.2. The van der Waals surface area contributed by atoms with Gasteiger partial charge in [-0.15, -0.1) is 0 Å². The molecule has 6 rings (SSSR count). The minimum absolute atomic E-state index is 0.0868. The summed E-state index contributed by atoms with van der Waals surface area (Å²) in [5, 5.41) is 14.9. The molecule has 9 heteroatoms. The lowest BCUT2D eigenvalue weighted by molar-refractivity contribution is 0.0697. The maximum Gasteiger partial charge on any atom is 0.335 e. The quantitative estimate of drug-likeness (QED) is 0.194. The summed E-state index contributed by atoms with van der Waals surface area (Å²) >= 11 is 13.0. The summed E-state index contributed by atoms with van der Waals surface area (Å²) in [6, 6.07) is 18.6. The Morgan fingerprint density at radius 1 is 1.07 bits per heavy atom. The van der Waals surface area contributed by atoms with Gasteiger partial charge < -0.3 is 18.9 Å². The predicted molar refractivity (Wildman–Crippen MR) is 160 cm³/mol. The molecule has 0 amide bonds. The number of hydrogen-bond donors (Lipinski definition) is 1. The number of carboxylic acids is 1. The van der Waals surface area contributed by atoms with Crippen LogP contribution in [0.4, 0.5) is 0 Å². The molecule has 1 N–H and O–H groups in total. The van der Waals surface area contributed by atoms with E-state index in [1.165, 1.54) is 0 Å². The number of nitrogens with zero attached hydrogens (tertiary/aromatic N) is 3. The molecule has 0 radical (unpaired) electrons. The fourth-order valence-corrected chi connectivity index (χ4v) is 6.23. The van der Waals surface area contributed by atoms with Gasteiger partial charge in [-0.2, -0.15) is 0 Å². The van der Waals surface area contributed by atoms with E-state index in [2.05, 4.69) is 9.72 Å². The summed E-state index contributed by atoms with van der Waals surface area (Å²) in [4.78, 5) is 16.6. The van der Waals surface area contributed by atoms with Gasteiger partial charge in [0.25, 0.3) is 0 Å². The molecule has 3 aromatic carbocycles. The lowest BCUT2D eigenvalue weighted by Gasteiger charge is -2.17. The number of hydrogen-bond acceptors (Lipinski definition) is 5. The van der Waals surface area contributed by atoms with E-state index >= 15 is 0 Å². The number of carboxylic acid groups (broad SMARTS) is 1. The van der Waals surface area contributed by atoms with Crippen molar-refractivity contribution in [3.8, 4) is 28.4 Å². The number of halogens is 2. The monoisotopic (exact) mass is 589 g/mol. The molecule has 0 atom stereocenters. The number of fused-ring (bicyclic) bond motifs is 1. The van der Waals surface area contributed by atoms with Gasteiger partial charge in [0.2, 0.25) is 0 Å². The van der Waals surface area contributed by atoms with Crippen LogP contribution in [-0.2, 0) is 6.61 Å². The van der Waals surface area contributed by atoms with Gasteiger partial charge in [-0.3, -0.25) is 0 Å². The van der Waals surface area contributed by atoms with Crippen LogP contribution in [-0.4, -0.2) is 25.8 Å². The van der Waals surface area contributed by atoms with Gasteiger partial charge >= 0.3 is 5.97 Å². The minimum atomic E-state index is -0.942. The second kappa shape index (κ2) is 11.2. The van der Waals surface area contributed by atoms with Crippen LogP contribution in [0.1, 0.15) is 73.2 Å². The first-order valence-corrected chi connectivity index (χ1v) is 14.5. The lowest BCUT2D eigenvalue weighted by atomic mass is 10.0. The zero-order valence-corrected chi connectivity index (χ0v) is 24.2. The van der Waals surface area contributed by atoms with Crippen molar-refractivity contribution < 1.29 is 19.2 Å². The second-order valence-corrected chi connectivity index (χ2v) is 11.5. The van der Waals surface area contributed by atoms with Crippen LogP contribution in [0.2, 0.25) is 10.0 Å². The molecule has 41 heavy (non-hydrogen) atoms. The average molecular weight is 591 g/mol. The van der Waals surface area contributed by atoms with Crippen molar-refractivity contribution in [1.29, 1.82) is 0 Å². The normalized spacial score (nSPS) is 13.9. The van der Waals surface area contributed by atoms with Gasteiger partial charge in [-0.1, -0.05) is 61.1 Å². The van der Waals surface area contributed by atoms with Crippen molar-refractivity contribution in [2.75, 3.05) is 0 Å². The van der Waals surface area contributed by atoms with Crippen molar-refractivity contribution in [1.82, 2.24) is 14.7 Å². The molecule has 1 saturated carbocycles. The number of imidazole rings is 1. The van der Waals surface area contributed by atoms with E-state index < -0.39 is 5.97 Å². The van der Waals surface area contributed by atoms with E-state index in [1.807, 2.05) is 38.1 Å². The van der Waals surface area contributed by atoms with Crippen LogP contribution in [0.25, 0.3) is 33.7 Å². The van der Waals surface area contributed by atoms with Crippen molar-refractivity contribution in [2.24, 2.45) is 0 Å². The van der Waals surface area contributed by atoms with Gasteiger partial charge in [-0.25, -0.2) is 9.78 Å². The third-order valence-corrected chi connectivity index (χ3v) is 8.29. The molecule has 1 aliphatic rings. The third kappa shape index (κ3) is 5.20. The van der Waals surface area contributed by atoms with Crippen LogP contribution in [0.3, 0.4) is 0 Å². The Bertz CT molecular complexity index is 1710. The van der Waals surface area contributed by atoms with E-state index in [1.54, 1.807) is 36.4 Å². The number of aromatic carboxylic acids is 1. The van der Waals surface area contributed by atoms with Crippen molar-refractivity contribution in [2.45, 2.75) is 58.1 Å². The fourth-order valence-electron chi connectivity index (χ4n) is 5.65. The highest BCUT2D eigenvalue weighted by molar-refractivity contribution is 6.39. The maximum absolute atomic E-state index is 11.7. The Labute approximate surface area is 247 Å². The summed E-state index contributed by atoms with van der Waals surface area (Å²) in [6.07, 6.45) is 4.40.